The van der Waals surface area contributed by atoms with E-state index in [1.54, 1.807) is 19.2 Å². The van der Waals surface area contributed by atoms with Crippen molar-refractivity contribution < 1.29 is 13.5 Å². The zero-order chi connectivity index (χ0) is 12.1. The molecule has 0 fully saturated rings. The Morgan fingerprint density at radius 1 is 1.44 bits per heavy atom. The van der Waals surface area contributed by atoms with Crippen LogP contribution >= 0.6 is 15.9 Å². The second-order valence-corrected chi connectivity index (χ2v) is 4.32. The average molecular weight is 294 g/mol. The highest BCUT2D eigenvalue weighted by molar-refractivity contribution is 9.10. The number of ether oxygens (including phenoxy) is 1. The van der Waals surface area contributed by atoms with Gasteiger partial charge in [0.05, 0.1) is 12.6 Å². The van der Waals surface area contributed by atoms with Crippen LogP contribution in [0.15, 0.2) is 22.7 Å². The summed E-state index contributed by atoms with van der Waals surface area (Å²) in [5.41, 5.74) is 1.52. The van der Waals surface area contributed by atoms with Crippen molar-refractivity contribution in [3.63, 3.8) is 0 Å². The van der Waals surface area contributed by atoms with E-state index in [1.165, 1.54) is 6.92 Å². The van der Waals surface area contributed by atoms with Gasteiger partial charge in [0.25, 0.3) is 6.43 Å². The minimum Gasteiger partial charge on any atom is -0.380 e. The highest BCUT2D eigenvalue weighted by Gasteiger charge is 2.16. The van der Waals surface area contributed by atoms with Crippen LogP contribution in [0.25, 0.3) is 0 Å². The number of nitrogens with one attached hydrogen (secondary N) is 1. The molecule has 0 saturated heterocycles. The summed E-state index contributed by atoms with van der Waals surface area (Å²) < 4.78 is 30.7. The van der Waals surface area contributed by atoms with Crippen LogP contribution in [-0.4, -0.2) is 19.6 Å². The molecule has 0 amide bonds. The summed E-state index contributed by atoms with van der Waals surface area (Å²) >= 11 is 3.37. The molecule has 1 atom stereocenters. The first-order valence-electron chi connectivity index (χ1n) is 4.87. The van der Waals surface area contributed by atoms with Crippen LogP contribution in [-0.2, 0) is 11.3 Å². The first-order chi connectivity index (χ1) is 7.56. The number of methoxy groups -OCH3 is 1. The van der Waals surface area contributed by atoms with E-state index in [2.05, 4.69) is 21.2 Å². The number of benzene rings is 1. The zero-order valence-corrected chi connectivity index (χ0v) is 10.7. The molecular weight excluding hydrogens is 280 g/mol. The molecule has 1 aromatic carbocycles. The lowest BCUT2D eigenvalue weighted by molar-refractivity contribution is 0.130. The number of halogens is 3. The lowest BCUT2D eigenvalue weighted by Gasteiger charge is -2.18. The quantitative estimate of drug-likeness (QED) is 0.894. The fraction of sp³-hybridized carbons (Fsp3) is 0.455. The summed E-state index contributed by atoms with van der Waals surface area (Å²) in [7, 11) is 1.57. The van der Waals surface area contributed by atoms with Crippen molar-refractivity contribution in [2.45, 2.75) is 26.0 Å². The molecule has 0 spiro atoms. The highest BCUT2D eigenvalue weighted by atomic mass is 79.9. The van der Waals surface area contributed by atoms with E-state index >= 15 is 0 Å². The molecule has 0 radical (unpaired) electrons. The Labute approximate surface area is 102 Å². The van der Waals surface area contributed by atoms with Crippen LogP contribution in [0.5, 0.6) is 0 Å². The van der Waals surface area contributed by atoms with Gasteiger partial charge in [0.1, 0.15) is 0 Å². The van der Waals surface area contributed by atoms with E-state index in [-0.39, 0.29) is 0 Å². The van der Waals surface area contributed by atoms with E-state index in [0.717, 1.165) is 10.0 Å². The van der Waals surface area contributed by atoms with E-state index in [1.807, 2.05) is 6.07 Å². The van der Waals surface area contributed by atoms with Crippen molar-refractivity contribution in [1.82, 2.24) is 0 Å². The number of alkyl halides is 2. The smallest absolute Gasteiger partial charge is 0.258 e. The Hall–Kier alpha value is -0.680. The lowest BCUT2D eigenvalue weighted by Crippen LogP contribution is -2.24. The highest BCUT2D eigenvalue weighted by Crippen LogP contribution is 2.26. The fourth-order valence-electron chi connectivity index (χ4n) is 1.29. The molecule has 16 heavy (non-hydrogen) atoms. The van der Waals surface area contributed by atoms with Gasteiger partial charge >= 0.3 is 0 Å². The van der Waals surface area contributed by atoms with Gasteiger partial charge in [-0.25, -0.2) is 8.78 Å². The van der Waals surface area contributed by atoms with Crippen molar-refractivity contribution in [3.05, 3.63) is 28.2 Å². The monoisotopic (exact) mass is 293 g/mol. The second-order valence-electron chi connectivity index (χ2n) is 3.47. The Balaban J connectivity index is 2.90. The second kappa shape index (κ2) is 6.15. The van der Waals surface area contributed by atoms with Gasteiger partial charge in [-0.15, -0.1) is 0 Å². The summed E-state index contributed by atoms with van der Waals surface area (Å²) in [4.78, 5) is 0. The molecular formula is C11H14BrF2NO. The average Bonchev–Trinajstić information content (AvgIpc) is 2.23. The summed E-state index contributed by atoms with van der Waals surface area (Å²) in [6.07, 6.45) is -2.39. The minimum absolute atomic E-state index is 0.375. The minimum atomic E-state index is -2.39. The Kier molecular flexibility index (Phi) is 5.15. The molecule has 0 aromatic heterocycles. The largest absolute Gasteiger partial charge is 0.380 e. The van der Waals surface area contributed by atoms with Crippen LogP contribution in [0.4, 0.5) is 14.5 Å². The van der Waals surface area contributed by atoms with Crippen LogP contribution in [0.1, 0.15) is 12.5 Å². The normalized spacial score (nSPS) is 12.9. The van der Waals surface area contributed by atoms with Crippen LogP contribution in [0.3, 0.4) is 0 Å². The van der Waals surface area contributed by atoms with Crippen LogP contribution in [0.2, 0.25) is 0 Å². The molecule has 90 valence electrons. The third-order valence-corrected chi connectivity index (χ3v) is 2.91. The first-order valence-corrected chi connectivity index (χ1v) is 5.66. The van der Waals surface area contributed by atoms with Gasteiger partial charge in [-0.05, 0) is 19.1 Å². The van der Waals surface area contributed by atoms with Gasteiger partial charge < -0.3 is 10.1 Å². The maximum atomic E-state index is 12.4. The molecule has 2 nitrogen and oxygen atoms in total. The topological polar surface area (TPSA) is 21.3 Å². The van der Waals surface area contributed by atoms with Gasteiger partial charge in [-0.3, -0.25) is 0 Å². The molecule has 0 heterocycles. The molecule has 1 N–H and O–H groups in total. The summed E-state index contributed by atoms with van der Waals surface area (Å²) in [5, 5.41) is 2.78. The molecule has 1 rings (SSSR count). The van der Waals surface area contributed by atoms with Gasteiger partial charge in [-0.1, -0.05) is 22.0 Å². The molecule has 0 bridgehead atoms. The van der Waals surface area contributed by atoms with Crippen molar-refractivity contribution in [1.29, 1.82) is 0 Å². The number of anilines is 1. The van der Waals surface area contributed by atoms with E-state index < -0.39 is 12.5 Å². The molecule has 0 saturated carbocycles. The van der Waals surface area contributed by atoms with Gasteiger partial charge in [0.15, 0.2) is 0 Å². The van der Waals surface area contributed by atoms with E-state index in [0.29, 0.717) is 12.3 Å². The third-order valence-electron chi connectivity index (χ3n) is 2.17. The first kappa shape index (κ1) is 13.4. The molecule has 1 unspecified atom stereocenters. The Bertz CT molecular complexity index is 347. The predicted octanol–water partition coefficient (Wildman–Crippen LogP) is 3.66. The van der Waals surface area contributed by atoms with Crippen LogP contribution < -0.4 is 5.32 Å². The van der Waals surface area contributed by atoms with E-state index in [4.69, 9.17) is 4.74 Å². The van der Waals surface area contributed by atoms with Crippen LogP contribution in [0, 0.1) is 0 Å². The van der Waals surface area contributed by atoms with Crippen molar-refractivity contribution in [2.24, 2.45) is 0 Å². The summed E-state index contributed by atoms with van der Waals surface area (Å²) in [5.74, 6) is 0. The molecule has 1 aromatic rings. The lowest BCUT2D eigenvalue weighted by atomic mass is 10.1. The Morgan fingerprint density at radius 3 is 2.69 bits per heavy atom. The van der Waals surface area contributed by atoms with Crippen molar-refractivity contribution in [2.75, 3.05) is 12.4 Å². The number of hydrogen-bond donors (Lipinski definition) is 1. The van der Waals surface area contributed by atoms with Gasteiger partial charge in [0, 0.05) is 22.8 Å². The molecule has 0 aliphatic heterocycles. The maximum Gasteiger partial charge on any atom is 0.258 e. The van der Waals surface area contributed by atoms with E-state index in [9.17, 15) is 8.78 Å². The SMILES string of the molecule is COCc1c(Br)cccc1NC(C)C(F)F. The van der Waals surface area contributed by atoms with Crippen molar-refractivity contribution >= 4 is 21.6 Å². The van der Waals surface area contributed by atoms with Crippen molar-refractivity contribution in [3.8, 4) is 0 Å². The summed E-state index contributed by atoms with van der Waals surface area (Å²) in [6, 6.07) is 4.53. The molecule has 0 aliphatic rings. The van der Waals surface area contributed by atoms with Gasteiger partial charge in [-0.2, -0.15) is 0 Å². The third kappa shape index (κ3) is 3.42. The number of rotatable bonds is 5. The maximum absolute atomic E-state index is 12.4. The molecule has 5 heteroatoms. The fourth-order valence-corrected chi connectivity index (χ4v) is 1.77. The summed E-state index contributed by atoms with van der Waals surface area (Å²) in [6.45, 7) is 1.82. The standard InChI is InChI=1S/C11H14BrF2NO/c1-7(11(13)14)15-10-5-3-4-9(12)8(10)6-16-2/h3-5,7,11,15H,6H2,1-2H3. The Morgan fingerprint density at radius 2 is 2.12 bits per heavy atom. The predicted molar refractivity (Wildman–Crippen MR) is 63.9 cm³/mol. The number of hydrogen-bond acceptors (Lipinski definition) is 2. The molecule has 0 aliphatic carbocycles. The zero-order valence-electron chi connectivity index (χ0n) is 9.14. The van der Waals surface area contributed by atoms with Gasteiger partial charge in [0.2, 0.25) is 0 Å².